The Morgan fingerprint density at radius 1 is 1.23 bits per heavy atom. The lowest BCUT2D eigenvalue weighted by molar-refractivity contribution is 0.00300. The maximum atomic E-state index is 10.6. The number of nitrogens with one attached hydrogen (secondary N) is 1. The normalized spacial score (nSPS) is 19.0. The molecule has 1 aliphatic carbocycles. The van der Waals surface area contributed by atoms with E-state index in [2.05, 4.69) is 41.5 Å². The van der Waals surface area contributed by atoms with Crippen LogP contribution in [0.5, 0.6) is 0 Å². The van der Waals surface area contributed by atoms with Gasteiger partial charge in [0.1, 0.15) is 0 Å². The van der Waals surface area contributed by atoms with Crippen molar-refractivity contribution < 1.29 is 5.11 Å². The molecule has 4 nitrogen and oxygen atoms in total. The third kappa shape index (κ3) is 3.57. The number of aromatic nitrogens is 2. The molecule has 0 aliphatic heterocycles. The van der Waals surface area contributed by atoms with Gasteiger partial charge in [0.05, 0.1) is 11.9 Å². The molecule has 0 radical (unpaired) electrons. The lowest BCUT2D eigenvalue weighted by Gasteiger charge is -2.33. The van der Waals surface area contributed by atoms with Crippen molar-refractivity contribution in [2.24, 2.45) is 0 Å². The molecule has 1 saturated carbocycles. The van der Waals surface area contributed by atoms with Crippen LogP contribution in [0.25, 0.3) is 5.69 Å². The molecular weight excluding hydrogens is 274 g/mol. The second-order valence-electron chi connectivity index (χ2n) is 6.45. The molecule has 22 heavy (non-hydrogen) atoms. The summed E-state index contributed by atoms with van der Waals surface area (Å²) in [7, 11) is 0. The number of hydrogen-bond acceptors (Lipinski definition) is 3. The summed E-state index contributed by atoms with van der Waals surface area (Å²) in [6.45, 7) is 2.83. The van der Waals surface area contributed by atoms with Gasteiger partial charge < -0.3 is 15.0 Å². The molecule has 1 unspecified atom stereocenters. The van der Waals surface area contributed by atoms with E-state index in [-0.39, 0.29) is 6.04 Å². The molecule has 0 bridgehead atoms. The maximum Gasteiger partial charge on any atom is 0.0991 e. The molecule has 2 N–H and O–H groups in total. The topological polar surface area (TPSA) is 50.1 Å². The number of aliphatic hydroxyl groups is 1. The highest BCUT2D eigenvalue weighted by Crippen LogP contribution is 2.28. The zero-order valence-electron chi connectivity index (χ0n) is 13.2. The Kier molecular flexibility index (Phi) is 4.60. The molecule has 4 heteroatoms. The molecule has 1 fully saturated rings. The Morgan fingerprint density at radius 3 is 2.59 bits per heavy atom. The zero-order chi connectivity index (χ0) is 15.4. The van der Waals surface area contributed by atoms with Crippen LogP contribution in [-0.2, 0) is 0 Å². The van der Waals surface area contributed by atoms with Gasteiger partial charge in [-0.05, 0) is 37.5 Å². The maximum absolute atomic E-state index is 10.6. The van der Waals surface area contributed by atoms with E-state index in [1.165, 1.54) is 12.0 Å². The Morgan fingerprint density at radius 2 is 1.95 bits per heavy atom. The standard InChI is InChI=1S/C18H25N3O/c1-15(20-13-18(22)9-3-2-4-10-18)16-5-7-17(8-6-16)21-12-11-19-14-21/h5-8,11-12,14-15,20,22H,2-4,9-10,13H2,1H3. The first kappa shape index (κ1) is 15.3. The predicted molar refractivity (Wildman–Crippen MR) is 88.0 cm³/mol. The molecule has 1 aromatic carbocycles. The van der Waals surface area contributed by atoms with Gasteiger partial charge in [-0.2, -0.15) is 0 Å². The highest BCUT2D eigenvalue weighted by atomic mass is 16.3. The zero-order valence-corrected chi connectivity index (χ0v) is 13.2. The molecule has 1 aliphatic rings. The summed E-state index contributed by atoms with van der Waals surface area (Å²) >= 11 is 0. The van der Waals surface area contributed by atoms with E-state index in [0.717, 1.165) is 31.4 Å². The monoisotopic (exact) mass is 299 g/mol. The molecule has 1 aromatic heterocycles. The number of imidazole rings is 1. The Labute approximate surface area is 132 Å². The first-order valence-electron chi connectivity index (χ1n) is 8.20. The molecular formula is C18H25N3O. The number of nitrogens with zero attached hydrogens (tertiary/aromatic N) is 2. The van der Waals surface area contributed by atoms with Crippen LogP contribution in [0.2, 0.25) is 0 Å². The summed E-state index contributed by atoms with van der Waals surface area (Å²) in [5, 5.41) is 14.1. The smallest absolute Gasteiger partial charge is 0.0991 e. The van der Waals surface area contributed by atoms with E-state index in [9.17, 15) is 5.11 Å². The Hall–Kier alpha value is -1.65. The second-order valence-corrected chi connectivity index (χ2v) is 6.45. The lowest BCUT2D eigenvalue weighted by Crippen LogP contribution is -2.42. The fourth-order valence-electron chi connectivity index (χ4n) is 3.19. The summed E-state index contributed by atoms with van der Waals surface area (Å²) in [5.74, 6) is 0. The van der Waals surface area contributed by atoms with Gasteiger partial charge in [-0.15, -0.1) is 0 Å². The van der Waals surface area contributed by atoms with Crippen LogP contribution >= 0.6 is 0 Å². The third-order valence-electron chi connectivity index (χ3n) is 4.72. The number of hydrogen-bond donors (Lipinski definition) is 2. The van der Waals surface area contributed by atoms with Crippen molar-refractivity contribution in [2.75, 3.05) is 6.54 Å². The first-order valence-corrected chi connectivity index (χ1v) is 8.20. The molecule has 1 heterocycles. The molecule has 0 amide bonds. The van der Waals surface area contributed by atoms with Gasteiger partial charge in [0, 0.05) is 30.7 Å². The van der Waals surface area contributed by atoms with Crippen LogP contribution in [0.3, 0.4) is 0 Å². The van der Waals surface area contributed by atoms with Crippen molar-refractivity contribution in [3.8, 4) is 5.69 Å². The van der Waals surface area contributed by atoms with Gasteiger partial charge in [0.25, 0.3) is 0 Å². The molecule has 3 rings (SSSR count). The Bertz CT molecular complexity index is 571. The molecule has 0 saturated heterocycles. The molecule has 118 valence electrons. The molecule has 1 atom stereocenters. The van der Waals surface area contributed by atoms with E-state index in [0.29, 0.717) is 6.54 Å². The van der Waals surface area contributed by atoms with Gasteiger partial charge in [-0.3, -0.25) is 0 Å². The average Bonchev–Trinajstić information content (AvgIpc) is 3.08. The summed E-state index contributed by atoms with van der Waals surface area (Å²) in [6.07, 6.45) is 10.9. The first-order chi connectivity index (χ1) is 10.7. The van der Waals surface area contributed by atoms with Crippen molar-refractivity contribution in [1.29, 1.82) is 0 Å². The lowest BCUT2D eigenvalue weighted by atomic mass is 9.84. The summed E-state index contributed by atoms with van der Waals surface area (Å²) in [4.78, 5) is 4.07. The van der Waals surface area contributed by atoms with Crippen molar-refractivity contribution in [3.63, 3.8) is 0 Å². The van der Waals surface area contributed by atoms with Crippen LogP contribution < -0.4 is 5.32 Å². The highest BCUT2D eigenvalue weighted by Gasteiger charge is 2.29. The van der Waals surface area contributed by atoms with E-state index < -0.39 is 5.60 Å². The average molecular weight is 299 g/mol. The van der Waals surface area contributed by atoms with Crippen LogP contribution in [0, 0.1) is 0 Å². The highest BCUT2D eigenvalue weighted by molar-refractivity contribution is 5.35. The van der Waals surface area contributed by atoms with Crippen molar-refractivity contribution in [2.45, 2.75) is 50.7 Å². The molecule has 2 aromatic rings. The Balaban J connectivity index is 1.59. The number of benzene rings is 1. The van der Waals surface area contributed by atoms with Gasteiger partial charge in [0.15, 0.2) is 0 Å². The van der Waals surface area contributed by atoms with Crippen molar-refractivity contribution in [1.82, 2.24) is 14.9 Å². The fourth-order valence-corrected chi connectivity index (χ4v) is 3.19. The van der Waals surface area contributed by atoms with E-state index in [4.69, 9.17) is 0 Å². The molecule has 0 spiro atoms. The van der Waals surface area contributed by atoms with Crippen LogP contribution in [0.4, 0.5) is 0 Å². The van der Waals surface area contributed by atoms with E-state index >= 15 is 0 Å². The van der Waals surface area contributed by atoms with Gasteiger partial charge >= 0.3 is 0 Å². The van der Waals surface area contributed by atoms with Gasteiger partial charge in [-0.25, -0.2) is 4.98 Å². The number of rotatable bonds is 5. The predicted octanol–water partition coefficient (Wildman–Crippen LogP) is 3.22. The van der Waals surface area contributed by atoms with Crippen LogP contribution in [0.15, 0.2) is 43.0 Å². The van der Waals surface area contributed by atoms with Gasteiger partial charge in [-0.1, -0.05) is 31.4 Å². The fraction of sp³-hybridized carbons (Fsp3) is 0.500. The minimum atomic E-state index is -0.511. The van der Waals surface area contributed by atoms with Crippen molar-refractivity contribution in [3.05, 3.63) is 48.5 Å². The minimum Gasteiger partial charge on any atom is -0.389 e. The van der Waals surface area contributed by atoms with Crippen LogP contribution in [-0.4, -0.2) is 26.8 Å². The van der Waals surface area contributed by atoms with Gasteiger partial charge in [0.2, 0.25) is 0 Å². The minimum absolute atomic E-state index is 0.239. The van der Waals surface area contributed by atoms with E-state index in [1.54, 1.807) is 12.5 Å². The largest absolute Gasteiger partial charge is 0.389 e. The van der Waals surface area contributed by atoms with E-state index in [1.807, 2.05) is 10.8 Å². The quantitative estimate of drug-likeness (QED) is 0.891. The second kappa shape index (κ2) is 6.63. The summed E-state index contributed by atoms with van der Waals surface area (Å²) in [5.41, 5.74) is 1.84. The van der Waals surface area contributed by atoms with Crippen molar-refractivity contribution >= 4 is 0 Å². The summed E-state index contributed by atoms with van der Waals surface area (Å²) < 4.78 is 1.99. The summed E-state index contributed by atoms with van der Waals surface area (Å²) in [6, 6.07) is 8.72. The van der Waals surface area contributed by atoms with Crippen LogP contribution in [0.1, 0.15) is 50.6 Å². The SMILES string of the molecule is CC(NCC1(O)CCCCC1)c1ccc(-n2ccnc2)cc1. The third-order valence-corrected chi connectivity index (χ3v) is 4.72.